The lowest BCUT2D eigenvalue weighted by molar-refractivity contribution is -0.278. The molecule has 2 saturated heterocycles. The van der Waals surface area contributed by atoms with Crippen LogP contribution >= 0.6 is 0 Å². The van der Waals surface area contributed by atoms with Gasteiger partial charge in [-0.3, -0.25) is 0 Å². The van der Waals surface area contributed by atoms with Crippen molar-refractivity contribution >= 4 is 0 Å². The maximum absolute atomic E-state index is 10.2. The monoisotopic (exact) mass is 432 g/mol. The highest BCUT2D eigenvalue weighted by Gasteiger charge is 2.45. The minimum atomic E-state index is -1.62. The molecule has 2 aliphatic heterocycles. The number of rotatable bonds is 6. The predicted octanol–water partition coefficient (Wildman–Crippen LogP) is -2.62. The molecule has 1 aromatic carbocycles. The molecule has 11 nitrogen and oxygen atoms in total. The van der Waals surface area contributed by atoms with E-state index in [9.17, 15) is 35.7 Å². The first-order valence-corrected chi connectivity index (χ1v) is 9.62. The molecular formula is C19H28O11. The summed E-state index contributed by atoms with van der Waals surface area (Å²) in [6.45, 7) is 0.796. The first-order chi connectivity index (χ1) is 14.2. The van der Waals surface area contributed by atoms with Gasteiger partial charge in [-0.25, -0.2) is 0 Å². The second-order valence-electron chi connectivity index (χ2n) is 7.49. The molecule has 170 valence electrons. The maximum atomic E-state index is 10.2. The highest BCUT2D eigenvalue weighted by atomic mass is 16.7. The van der Waals surface area contributed by atoms with E-state index in [2.05, 4.69) is 0 Å². The Morgan fingerprint density at radius 1 is 0.833 bits per heavy atom. The van der Waals surface area contributed by atoms with Crippen molar-refractivity contribution in [1.82, 2.24) is 0 Å². The highest BCUT2D eigenvalue weighted by Crippen LogP contribution is 2.34. The highest BCUT2D eigenvalue weighted by molar-refractivity contribution is 5.43. The van der Waals surface area contributed by atoms with Gasteiger partial charge in [0.15, 0.2) is 11.5 Å². The number of aliphatic hydroxyl groups is 7. The first kappa shape index (κ1) is 23.1. The van der Waals surface area contributed by atoms with Crippen LogP contribution < -0.4 is 9.47 Å². The zero-order chi connectivity index (χ0) is 22.0. The molecule has 0 aromatic heterocycles. The van der Waals surface area contributed by atoms with Gasteiger partial charge in [0.1, 0.15) is 30.5 Å². The zero-order valence-corrected chi connectivity index (χ0v) is 16.3. The third kappa shape index (κ3) is 4.85. The Morgan fingerprint density at radius 3 is 2.17 bits per heavy atom. The number of ether oxygens (including phenoxy) is 4. The summed E-state index contributed by atoms with van der Waals surface area (Å²) >= 11 is 0. The van der Waals surface area contributed by atoms with E-state index < -0.39 is 61.9 Å². The molecule has 0 spiro atoms. The van der Waals surface area contributed by atoms with E-state index in [1.807, 2.05) is 0 Å². The molecular weight excluding hydrogens is 404 g/mol. The average Bonchev–Trinajstić information content (AvgIpc) is 2.73. The third-order valence-electron chi connectivity index (χ3n) is 5.14. The number of benzene rings is 1. The Hall–Kier alpha value is -1.54. The molecule has 2 aliphatic rings. The van der Waals surface area contributed by atoms with Gasteiger partial charge in [-0.2, -0.15) is 0 Å². The van der Waals surface area contributed by atoms with Crippen LogP contribution in [0.3, 0.4) is 0 Å². The molecule has 0 radical (unpaired) electrons. The van der Waals surface area contributed by atoms with Crippen molar-refractivity contribution < 1.29 is 54.7 Å². The molecule has 0 saturated carbocycles. The van der Waals surface area contributed by atoms with Crippen molar-refractivity contribution in [1.29, 1.82) is 0 Å². The van der Waals surface area contributed by atoms with Gasteiger partial charge in [0.2, 0.25) is 12.6 Å². The van der Waals surface area contributed by atoms with Gasteiger partial charge in [0.05, 0.1) is 25.4 Å². The lowest BCUT2D eigenvalue weighted by Gasteiger charge is -2.40. The van der Waals surface area contributed by atoms with Crippen LogP contribution in [-0.2, 0) is 9.47 Å². The minimum absolute atomic E-state index is 0.0412. The van der Waals surface area contributed by atoms with E-state index in [0.717, 1.165) is 5.56 Å². The van der Waals surface area contributed by atoms with Gasteiger partial charge >= 0.3 is 0 Å². The van der Waals surface area contributed by atoms with Gasteiger partial charge in [-0.05, 0) is 24.6 Å². The van der Waals surface area contributed by atoms with Crippen molar-refractivity contribution in [2.24, 2.45) is 0 Å². The summed E-state index contributed by atoms with van der Waals surface area (Å²) in [5, 5.41) is 68.8. The quantitative estimate of drug-likeness (QED) is 0.250. The molecule has 1 aromatic rings. The van der Waals surface area contributed by atoms with Crippen LogP contribution in [0.2, 0.25) is 0 Å². The molecule has 9 unspecified atom stereocenters. The Labute approximate surface area is 172 Å². The van der Waals surface area contributed by atoms with Crippen molar-refractivity contribution in [2.75, 3.05) is 13.2 Å². The second-order valence-corrected chi connectivity index (χ2v) is 7.49. The van der Waals surface area contributed by atoms with Crippen LogP contribution in [0.25, 0.3) is 0 Å². The van der Waals surface area contributed by atoms with Crippen LogP contribution in [0.1, 0.15) is 12.0 Å². The lowest BCUT2D eigenvalue weighted by Crippen LogP contribution is -2.60. The van der Waals surface area contributed by atoms with Gasteiger partial charge in [-0.1, -0.05) is 6.07 Å². The summed E-state index contributed by atoms with van der Waals surface area (Å²) in [5.41, 5.74) is 0.760. The summed E-state index contributed by atoms with van der Waals surface area (Å²) in [6.07, 6.45) is -11.9. The van der Waals surface area contributed by atoms with Gasteiger partial charge < -0.3 is 54.7 Å². The van der Waals surface area contributed by atoms with E-state index in [4.69, 9.17) is 18.9 Å². The number of aliphatic hydroxyl groups excluding tert-OH is 7. The van der Waals surface area contributed by atoms with Crippen LogP contribution in [-0.4, -0.2) is 104 Å². The Balaban J connectivity index is 1.80. The number of aryl methyl sites for hydroxylation is 1. The number of hydrogen-bond acceptors (Lipinski definition) is 11. The standard InChI is InChI=1S/C19H28O11/c1-8-2-3-11(28-19-17(26)16(25)15(24)13(7-21)30-19)12(4-8)29-18-14(23)10(22)5-9(6-20)27-18/h2-4,9-10,13-26H,5-7H2,1H3. The van der Waals surface area contributed by atoms with Gasteiger partial charge in [0, 0.05) is 6.42 Å². The average molecular weight is 432 g/mol. The Bertz CT molecular complexity index is 699. The lowest BCUT2D eigenvalue weighted by atomic mass is 9.99. The maximum Gasteiger partial charge on any atom is 0.229 e. The van der Waals surface area contributed by atoms with Crippen molar-refractivity contribution in [2.45, 2.75) is 68.7 Å². The zero-order valence-electron chi connectivity index (χ0n) is 16.3. The largest absolute Gasteiger partial charge is 0.458 e. The third-order valence-corrected chi connectivity index (χ3v) is 5.14. The molecule has 9 atom stereocenters. The van der Waals surface area contributed by atoms with E-state index in [-0.39, 0.29) is 24.5 Å². The summed E-state index contributed by atoms with van der Waals surface area (Å²) in [6, 6.07) is 4.74. The molecule has 30 heavy (non-hydrogen) atoms. The molecule has 0 bridgehead atoms. The topological polar surface area (TPSA) is 179 Å². The fraction of sp³-hybridized carbons (Fsp3) is 0.684. The minimum Gasteiger partial charge on any atom is -0.458 e. The molecule has 3 rings (SSSR count). The summed E-state index contributed by atoms with van der Waals surface area (Å²) in [5.74, 6) is 0.142. The van der Waals surface area contributed by atoms with Crippen LogP contribution in [0.15, 0.2) is 18.2 Å². The Kier molecular flexibility index (Phi) is 7.50. The van der Waals surface area contributed by atoms with Crippen LogP contribution in [0.5, 0.6) is 11.5 Å². The normalized spacial score (nSPS) is 39.5. The van der Waals surface area contributed by atoms with E-state index >= 15 is 0 Å². The van der Waals surface area contributed by atoms with Crippen LogP contribution in [0, 0.1) is 6.92 Å². The molecule has 11 heteroatoms. The fourth-order valence-electron chi connectivity index (χ4n) is 3.35. The molecule has 0 amide bonds. The smallest absolute Gasteiger partial charge is 0.229 e. The van der Waals surface area contributed by atoms with Crippen LogP contribution in [0.4, 0.5) is 0 Å². The molecule has 2 fully saturated rings. The Morgan fingerprint density at radius 2 is 1.50 bits per heavy atom. The summed E-state index contributed by atoms with van der Waals surface area (Å²) in [7, 11) is 0. The predicted molar refractivity (Wildman–Crippen MR) is 98.6 cm³/mol. The molecule has 2 heterocycles. The molecule has 0 aliphatic carbocycles. The van der Waals surface area contributed by atoms with Gasteiger partial charge in [0.25, 0.3) is 0 Å². The second kappa shape index (κ2) is 9.73. The van der Waals surface area contributed by atoms with E-state index in [1.165, 1.54) is 6.07 Å². The summed E-state index contributed by atoms with van der Waals surface area (Å²) < 4.78 is 22.1. The van der Waals surface area contributed by atoms with Gasteiger partial charge in [-0.15, -0.1) is 0 Å². The first-order valence-electron chi connectivity index (χ1n) is 9.62. The SMILES string of the molecule is Cc1ccc(OC2OC(CO)C(O)C(O)C2O)c(OC2OC(CO)CC(O)C2O)c1. The van der Waals surface area contributed by atoms with Crippen molar-refractivity contribution in [3.8, 4) is 11.5 Å². The molecule has 7 N–H and O–H groups in total. The van der Waals surface area contributed by atoms with Crippen molar-refractivity contribution in [3.63, 3.8) is 0 Å². The van der Waals surface area contributed by atoms with E-state index in [0.29, 0.717) is 0 Å². The van der Waals surface area contributed by atoms with Crippen molar-refractivity contribution in [3.05, 3.63) is 23.8 Å². The fourth-order valence-corrected chi connectivity index (χ4v) is 3.35. The number of hydrogen-bond donors (Lipinski definition) is 7. The summed E-state index contributed by atoms with van der Waals surface area (Å²) in [4.78, 5) is 0. The van der Waals surface area contributed by atoms with E-state index in [1.54, 1.807) is 19.1 Å².